The number of unbranched alkanes of at least 4 members (excludes halogenated alkanes) is 1. The normalized spacial score (nSPS) is 10.4. The van der Waals surface area contributed by atoms with Crippen LogP contribution in [0.5, 0.6) is 0 Å². The van der Waals surface area contributed by atoms with Crippen molar-refractivity contribution in [1.29, 1.82) is 0 Å². The van der Waals surface area contributed by atoms with Gasteiger partial charge in [0.15, 0.2) is 0 Å². The number of rotatable bonds is 10. The SMILES string of the molecule is CCCCOCCCNc1ccc(C(=O)OCC)cc1N. The minimum Gasteiger partial charge on any atom is -0.462 e. The second-order valence-corrected chi connectivity index (χ2v) is 4.77. The van der Waals surface area contributed by atoms with Crippen LogP contribution in [0.4, 0.5) is 11.4 Å². The van der Waals surface area contributed by atoms with E-state index in [4.69, 9.17) is 15.2 Å². The van der Waals surface area contributed by atoms with Gasteiger partial charge in [0.2, 0.25) is 0 Å². The van der Waals surface area contributed by atoms with E-state index in [0.717, 1.165) is 44.7 Å². The van der Waals surface area contributed by atoms with Crippen molar-refractivity contribution in [3.8, 4) is 0 Å². The van der Waals surface area contributed by atoms with Crippen LogP contribution in [-0.4, -0.2) is 32.3 Å². The molecule has 0 aliphatic rings. The molecule has 1 rings (SSSR count). The van der Waals surface area contributed by atoms with E-state index in [1.807, 2.05) is 0 Å². The van der Waals surface area contributed by atoms with Gasteiger partial charge in [-0.25, -0.2) is 4.79 Å². The summed E-state index contributed by atoms with van der Waals surface area (Å²) in [5.41, 5.74) is 7.79. The number of carbonyl (C=O) groups excluding carboxylic acids is 1. The van der Waals surface area contributed by atoms with Crippen LogP contribution in [-0.2, 0) is 9.47 Å². The molecule has 1 aromatic carbocycles. The van der Waals surface area contributed by atoms with Crippen molar-refractivity contribution < 1.29 is 14.3 Å². The summed E-state index contributed by atoms with van der Waals surface area (Å²) in [5, 5.41) is 3.24. The lowest BCUT2D eigenvalue weighted by Crippen LogP contribution is -2.09. The number of nitrogens with one attached hydrogen (secondary N) is 1. The number of nitrogen functional groups attached to an aromatic ring is 1. The maximum absolute atomic E-state index is 11.6. The van der Waals surface area contributed by atoms with E-state index in [2.05, 4.69) is 12.2 Å². The lowest BCUT2D eigenvalue weighted by Gasteiger charge is -2.11. The molecule has 0 saturated heterocycles. The Labute approximate surface area is 126 Å². The largest absolute Gasteiger partial charge is 0.462 e. The predicted molar refractivity (Wildman–Crippen MR) is 85.6 cm³/mol. The third kappa shape index (κ3) is 6.49. The van der Waals surface area contributed by atoms with Crippen molar-refractivity contribution in [2.75, 3.05) is 37.4 Å². The predicted octanol–water partition coefficient (Wildman–Crippen LogP) is 3.06. The fourth-order valence-corrected chi connectivity index (χ4v) is 1.81. The van der Waals surface area contributed by atoms with Crippen LogP contribution in [0.3, 0.4) is 0 Å². The topological polar surface area (TPSA) is 73.6 Å². The van der Waals surface area contributed by atoms with Gasteiger partial charge in [0.25, 0.3) is 0 Å². The Kier molecular flexibility index (Phi) is 8.28. The van der Waals surface area contributed by atoms with E-state index in [1.165, 1.54) is 0 Å². The number of ether oxygens (including phenoxy) is 2. The zero-order chi connectivity index (χ0) is 15.5. The maximum Gasteiger partial charge on any atom is 0.338 e. The first kappa shape index (κ1) is 17.3. The fourth-order valence-electron chi connectivity index (χ4n) is 1.81. The van der Waals surface area contributed by atoms with Crippen LogP contribution in [0.25, 0.3) is 0 Å². The molecule has 0 aliphatic carbocycles. The lowest BCUT2D eigenvalue weighted by molar-refractivity contribution is 0.0526. The molecule has 0 aliphatic heterocycles. The number of nitrogens with two attached hydrogens (primary N) is 1. The molecule has 0 heterocycles. The van der Waals surface area contributed by atoms with E-state index >= 15 is 0 Å². The highest BCUT2D eigenvalue weighted by Crippen LogP contribution is 2.20. The van der Waals surface area contributed by atoms with Gasteiger partial charge >= 0.3 is 5.97 Å². The molecule has 0 unspecified atom stereocenters. The Morgan fingerprint density at radius 1 is 1.24 bits per heavy atom. The second kappa shape index (κ2) is 10.0. The van der Waals surface area contributed by atoms with Crippen LogP contribution >= 0.6 is 0 Å². The number of hydrogen-bond donors (Lipinski definition) is 2. The van der Waals surface area contributed by atoms with Crippen molar-refractivity contribution in [3.63, 3.8) is 0 Å². The van der Waals surface area contributed by atoms with Gasteiger partial charge in [0.1, 0.15) is 0 Å². The summed E-state index contributed by atoms with van der Waals surface area (Å²) in [5.74, 6) is -0.347. The molecule has 0 radical (unpaired) electrons. The van der Waals surface area contributed by atoms with E-state index < -0.39 is 0 Å². The first-order chi connectivity index (χ1) is 10.2. The first-order valence-corrected chi connectivity index (χ1v) is 7.57. The van der Waals surface area contributed by atoms with Crippen molar-refractivity contribution in [3.05, 3.63) is 23.8 Å². The number of carbonyl (C=O) groups is 1. The highest BCUT2D eigenvalue weighted by Gasteiger charge is 2.08. The summed E-state index contributed by atoms with van der Waals surface area (Å²) in [4.78, 5) is 11.6. The van der Waals surface area contributed by atoms with Crippen LogP contribution in [0.1, 0.15) is 43.5 Å². The van der Waals surface area contributed by atoms with E-state index in [-0.39, 0.29) is 5.97 Å². The average Bonchev–Trinajstić information content (AvgIpc) is 2.48. The highest BCUT2D eigenvalue weighted by atomic mass is 16.5. The van der Waals surface area contributed by atoms with Crippen molar-refractivity contribution in [1.82, 2.24) is 0 Å². The number of hydrogen-bond acceptors (Lipinski definition) is 5. The van der Waals surface area contributed by atoms with Crippen LogP contribution in [0.2, 0.25) is 0 Å². The van der Waals surface area contributed by atoms with Crippen molar-refractivity contribution in [2.45, 2.75) is 33.1 Å². The molecule has 5 nitrogen and oxygen atoms in total. The average molecular weight is 294 g/mol. The fraction of sp³-hybridized carbons (Fsp3) is 0.562. The van der Waals surface area contributed by atoms with Crippen LogP contribution < -0.4 is 11.1 Å². The molecule has 21 heavy (non-hydrogen) atoms. The summed E-state index contributed by atoms with van der Waals surface area (Å²) in [6.45, 7) is 6.64. The van der Waals surface area contributed by atoms with Gasteiger partial charge in [-0.05, 0) is 38.0 Å². The standard InChI is InChI=1S/C16H26N2O3/c1-3-5-10-20-11-6-9-18-15-8-7-13(12-14(15)17)16(19)21-4-2/h7-8,12,18H,3-6,9-11,17H2,1-2H3. The smallest absolute Gasteiger partial charge is 0.338 e. The second-order valence-electron chi connectivity index (χ2n) is 4.77. The summed E-state index contributed by atoms with van der Waals surface area (Å²) < 4.78 is 10.4. The molecule has 3 N–H and O–H groups in total. The van der Waals surface area contributed by atoms with Gasteiger partial charge < -0.3 is 20.5 Å². The molecule has 0 saturated carbocycles. The monoisotopic (exact) mass is 294 g/mol. The van der Waals surface area contributed by atoms with Gasteiger partial charge in [0, 0.05) is 19.8 Å². The van der Waals surface area contributed by atoms with Crippen LogP contribution in [0, 0.1) is 0 Å². The minimum atomic E-state index is -0.347. The highest BCUT2D eigenvalue weighted by molar-refractivity contribution is 5.91. The number of anilines is 2. The Hall–Kier alpha value is -1.75. The Morgan fingerprint density at radius 3 is 2.67 bits per heavy atom. The molecule has 0 amide bonds. The van der Waals surface area contributed by atoms with E-state index in [9.17, 15) is 4.79 Å². The Balaban J connectivity index is 2.34. The molecule has 0 atom stereocenters. The first-order valence-electron chi connectivity index (χ1n) is 7.57. The van der Waals surface area contributed by atoms with Gasteiger partial charge in [-0.2, -0.15) is 0 Å². The van der Waals surface area contributed by atoms with Crippen LogP contribution in [0.15, 0.2) is 18.2 Å². The molecule has 5 heteroatoms. The molecule has 0 fully saturated rings. The van der Waals surface area contributed by atoms with Gasteiger partial charge in [-0.3, -0.25) is 0 Å². The van der Waals surface area contributed by atoms with Gasteiger partial charge in [-0.1, -0.05) is 13.3 Å². The maximum atomic E-state index is 11.6. The summed E-state index contributed by atoms with van der Waals surface area (Å²) in [7, 11) is 0. The van der Waals surface area contributed by atoms with Crippen molar-refractivity contribution >= 4 is 17.3 Å². The third-order valence-electron chi connectivity index (χ3n) is 2.99. The molecular formula is C16H26N2O3. The third-order valence-corrected chi connectivity index (χ3v) is 2.99. The van der Waals surface area contributed by atoms with Crippen molar-refractivity contribution in [2.24, 2.45) is 0 Å². The zero-order valence-electron chi connectivity index (χ0n) is 13.0. The van der Waals surface area contributed by atoms with Gasteiger partial charge in [-0.15, -0.1) is 0 Å². The minimum absolute atomic E-state index is 0.347. The number of esters is 1. The quantitative estimate of drug-likeness (QED) is 0.394. The summed E-state index contributed by atoms with van der Waals surface area (Å²) in [6, 6.07) is 5.16. The van der Waals surface area contributed by atoms with Gasteiger partial charge in [0.05, 0.1) is 23.5 Å². The summed E-state index contributed by atoms with van der Waals surface area (Å²) in [6.07, 6.45) is 3.18. The number of benzene rings is 1. The molecule has 0 bridgehead atoms. The lowest BCUT2D eigenvalue weighted by atomic mass is 10.1. The Morgan fingerprint density at radius 2 is 2.00 bits per heavy atom. The van der Waals surface area contributed by atoms with E-state index in [0.29, 0.717) is 17.9 Å². The van der Waals surface area contributed by atoms with E-state index in [1.54, 1.807) is 25.1 Å². The zero-order valence-corrected chi connectivity index (χ0v) is 13.0. The molecule has 1 aromatic rings. The molecule has 0 spiro atoms. The summed E-state index contributed by atoms with van der Waals surface area (Å²) >= 11 is 0. The molecule has 118 valence electrons. The Bertz CT molecular complexity index is 436. The molecule has 0 aromatic heterocycles. The molecular weight excluding hydrogens is 268 g/mol.